The first-order chi connectivity index (χ1) is 8.88. The van der Waals surface area contributed by atoms with Crippen molar-refractivity contribution in [3.05, 3.63) is 23.9 Å². The van der Waals surface area contributed by atoms with Gasteiger partial charge in [0, 0.05) is 30.9 Å². The van der Waals surface area contributed by atoms with Crippen LogP contribution in [0, 0.1) is 0 Å². The summed E-state index contributed by atoms with van der Waals surface area (Å²) in [5, 5.41) is 3.32. The summed E-state index contributed by atoms with van der Waals surface area (Å²) in [5.41, 5.74) is 1.34. The number of nitrogens with zero attached hydrogens (tertiary/aromatic N) is 1. The van der Waals surface area contributed by atoms with Gasteiger partial charge in [-0.05, 0) is 37.0 Å². The average molecular weight is 266 g/mol. The Morgan fingerprint density at radius 2 is 2.50 bits per heavy atom. The molecule has 1 aliphatic rings. The van der Waals surface area contributed by atoms with Crippen LogP contribution in [0.25, 0.3) is 0 Å². The van der Waals surface area contributed by atoms with Crippen LogP contribution in [0.15, 0.2) is 18.3 Å². The summed E-state index contributed by atoms with van der Waals surface area (Å²) in [5.74, 6) is 3.15. The van der Waals surface area contributed by atoms with Gasteiger partial charge in [-0.3, -0.25) is 0 Å². The molecule has 0 radical (unpaired) electrons. The molecular weight excluding hydrogens is 244 g/mol. The topological polar surface area (TPSA) is 34.1 Å². The number of thioether (sulfide) groups is 1. The fourth-order valence-electron chi connectivity index (χ4n) is 2.00. The molecule has 1 aromatic rings. The van der Waals surface area contributed by atoms with Crippen molar-refractivity contribution in [3.8, 4) is 0 Å². The van der Waals surface area contributed by atoms with E-state index in [-0.39, 0.29) is 0 Å². The van der Waals surface area contributed by atoms with E-state index in [2.05, 4.69) is 29.4 Å². The highest BCUT2D eigenvalue weighted by molar-refractivity contribution is 7.98. The molecule has 1 saturated heterocycles. The van der Waals surface area contributed by atoms with E-state index in [9.17, 15) is 0 Å². The van der Waals surface area contributed by atoms with E-state index >= 15 is 0 Å². The van der Waals surface area contributed by atoms with Crippen LogP contribution < -0.4 is 5.32 Å². The normalized spacial score (nSPS) is 19.1. The van der Waals surface area contributed by atoms with Gasteiger partial charge in [0.2, 0.25) is 0 Å². The molecule has 0 aromatic carbocycles. The van der Waals surface area contributed by atoms with Gasteiger partial charge < -0.3 is 10.1 Å². The van der Waals surface area contributed by atoms with Crippen molar-refractivity contribution in [2.75, 3.05) is 24.2 Å². The van der Waals surface area contributed by atoms with Crippen LogP contribution in [0.1, 0.15) is 31.7 Å². The van der Waals surface area contributed by atoms with Crippen LogP contribution in [0.5, 0.6) is 0 Å². The predicted molar refractivity (Wildman–Crippen MR) is 78.2 cm³/mol. The Kier molecular flexibility index (Phi) is 5.81. The van der Waals surface area contributed by atoms with Crippen molar-refractivity contribution in [1.29, 1.82) is 0 Å². The van der Waals surface area contributed by atoms with Crippen LogP contribution in [0.4, 0.5) is 5.82 Å². The summed E-state index contributed by atoms with van der Waals surface area (Å²) < 4.78 is 5.62. The van der Waals surface area contributed by atoms with E-state index < -0.39 is 0 Å². The number of anilines is 1. The summed E-state index contributed by atoms with van der Waals surface area (Å²) in [4.78, 5) is 4.32. The molecule has 1 N–H and O–H groups in total. The first kappa shape index (κ1) is 13.7. The fraction of sp³-hybridized carbons (Fsp3) is 0.643. The minimum absolute atomic E-state index is 0.481. The lowest BCUT2D eigenvalue weighted by atomic mass is 10.3. The molecule has 4 heteroatoms. The van der Waals surface area contributed by atoms with Crippen LogP contribution >= 0.6 is 11.8 Å². The number of rotatable bonds is 7. The van der Waals surface area contributed by atoms with E-state index in [0.717, 1.165) is 36.9 Å². The number of nitrogens with one attached hydrogen (secondary N) is 1. The number of aromatic nitrogens is 1. The Bertz CT molecular complexity index is 353. The van der Waals surface area contributed by atoms with Gasteiger partial charge >= 0.3 is 0 Å². The molecule has 1 aliphatic heterocycles. The van der Waals surface area contributed by atoms with Crippen molar-refractivity contribution >= 4 is 17.6 Å². The molecule has 0 aliphatic carbocycles. The van der Waals surface area contributed by atoms with Crippen LogP contribution in [-0.4, -0.2) is 30.0 Å². The lowest BCUT2D eigenvalue weighted by molar-refractivity contribution is 0.129. The highest BCUT2D eigenvalue weighted by atomic mass is 32.2. The minimum atomic E-state index is 0.481. The van der Waals surface area contributed by atoms with Gasteiger partial charge in [-0.15, -0.1) is 0 Å². The van der Waals surface area contributed by atoms with Crippen molar-refractivity contribution in [2.45, 2.75) is 38.0 Å². The van der Waals surface area contributed by atoms with Gasteiger partial charge in [0.05, 0.1) is 6.10 Å². The molecule has 0 spiro atoms. The molecular formula is C14H22N2OS. The standard InChI is InChI=1S/C14H22N2OS/c1-2-6-15-14-9-12(5-7-16-14)10-18-11-13-4-3-8-17-13/h5,7,9,13H,2-4,6,8,10-11H2,1H3,(H,15,16). The zero-order valence-electron chi connectivity index (χ0n) is 11.0. The summed E-state index contributed by atoms with van der Waals surface area (Å²) in [6, 6.07) is 4.25. The van der Waals surface area contributed by atoms with Crippen molar-refractivity contribution < 1.29 is 4.74 Å². The lowest BCUT2D eigenvalue weighted by Gasteiger charge is -2.09. The predicted octanol–water partition coefficient (Wildman–Crippen LogP) is 3.32. The quantitative estimate of drug-likeness (QED) is 0.821. The monoisotopic (exact) mass is 266 g/mol. The summed E-state index contributed by atoms with van der Waals surface area (Å²) >= 11 is 1.96. The third-order valence-electron chi connectivity index (χ3n) is 2.98. The molecule has 100 valence electrons. The number of hydrogen-bond acceptors (Lipinski definition) is 4. The smallest absolute Gasteiger partial charge is 0.126 e. The highest BCUT2D eigenvalue weighted by Gasteiger charge is 2.14. The Hall–Kier alpha value is -0.740. The number of hydrogen-bond donors (Lipinski definition) is 1. The second-order valence-corrected chi connectivity index (χ2v) is 5.66. The van der Waals surface area contributed by atoms with E-state index in [1.165, 1.54) is 18.4 Å². The van der Waals surface area contributed by atoms with Crippen LogP contribution in [0.2, 0.25) is 0 Å². The van der Waals surface area contributed by atoms with Gasteiger partial charge in [0.15, 0.2) is 0 Å². The Labute approximate surface area is 114 Å². The molecule has 1 unspecified atom stereocenters. The second kappa shape index (κ2) is 7.64. The zero-order chi connectivity index (χ0) is 12.6. The van der Waals surface area contributed by atoms with Crippen molar-refractivity contribution in [2.24, 2.45) is 0 Å². The maximum absolute atomic E-state index is 5.62. The molecule has 1 atom stereocenters. The van der Waals surface area contributed by atoms with Gasteiger partial charge in [-0.25, -0.2) is 4.98 Å². The average Bonchev–Trinajstić information content (AvgIpc) is 2.90. The van der Waals surface area contributed by atoms with E-state index in [1.807, 2.05) is 18.0 Å². The van der Waals surface area contributed by atoms with E-state index in [0.29, 0.717) is 6.10 Å². The second-order valence-electron chi connectivity index (χ2n) is 4.63. The van der Waals surface area contributed by atoms with E-state index in [4.69, 9.17) is 4.74 Å². The van der Waals surface area contributed by atoms with Gasteiger partial charge in [0.25, 0.3) is 0 Å². The molecule has 18 heavy (non-hydrogen) atoms. The van der Waals surface area contributed by atoms with Crippen LogP contribution in [0.3, 0.4) is 0 Å². The van der Waals surface area contributed by atoms with Crippen molar-refractivity contribution in [3.63, 3.8) is 0 Å². The molecule has 2 heterocycles. The van der Waals surface area contributed by atoms with Crippen molar-refractivity contribution in [1.82, 2.24) is 4.98 Å². The number of ether oxygens (including phenoxy) is 1. The lowest BCUT2D eigenvalue weighted by Crippen LogP contribution is -2.08. The van der Waals surface area contributed by atoms with Gasteiger partial charge in [-0.2, -0.15) is 11.8 Å². The van der Waals surface area contributed by atoms with Gasteiger partial charge in [0.1, 0.15) is 5.82 Å². The summed E-state index contributed by atoms with van der Waals surface area (Å²) in [6.07, 6.45) is 5.95. The maximum Gasteiger partial charge on any atom is 0.126 e. The third kappa shape index (κ3) is 4.50. The molecule has 3 nitrogen and oxygen atoms in total. The molecule has 0 bridgehead atoms. The zero-order valence-corrected chi connectivity index (χ0v) is 11.8. The first-order valence-corrected chi connectivity index (χ1v) is 7.92. The molecule has 2 rings (SSSR count). The summed E-state index contributed by atoms with van der Waals surface area (Å²) in [7, 11) is 0. The highest BCUT2D eigenvalue weighted by Crippen LogP contribution is 2.20. The largest absolute Gasteiger partial charge is 0.377 e. The maximum atomic E-state index is 5.62. The molecule has 1 fully saturated rings. The molecule has 1 aromatic heterocycles. The first-order valence-electron chi connectivity index (χ1n) is 6.76. The minimum Gasteiger partial charge on any atom is -0.377 e. The third-order valence-corrected chi connectivity index (χ3v) is 4.12. The number of pyridine rings is 1. The molecule has 0 amide bonds. The Balaban J connectivity index is 1.74. The van der Waals surface area contributed by atoms with Crippen LogP contribution in [-0.2, 0) is 10.5 Å². The summed E-state index contributed by atoms with van der Waals surface area (Å²) in [6.45, 7) is 4.10. The molecule has 0 saturated carbocycles. The Morgan fingerprint density at radius 1 is 1.56 bits per heavy atom. The fourth-order valence-corrected chi connectivity index (χ4v) is 3.06. The Morgan fingerprint density at radius 3 is 3.28 bits per heavy atom. The van der Waals surface area contributed by atoms with E-state index in [1.54, 1.807) is 0 Å². The SMILES string of the molecule is CCCNc1cc(CSCC2CCCO2)ccn1. The van der Waals surface area contributed by atoms with Gasteiger partial charge in [-0.1, -0.05) is 6.92 Å².